The predicted molar refractivity (Wildman–Crippen MR) is 71.2 cm³/mol. The highest BCUT2D eigenvalue weighted by Crippen LogP contribution is 2.34. The summed E-state index contributed by atoms with van der Waals surface area (Å²) in [5, 5.41) is 13.2. The Morgan fingerprint density at radius 3 is 2.71 bits per heavy atom. The van der Waals surface area contributed by atoms with Gasteiger partial charge in [0.25, 0.3) is 0 Å². The van der Waals surface area contributed by atoms with Crippen LogP contribution in [0.3, 0.4) is 0 Å². The van der Waals surface area contributed by atoms with E-state index in [9.17, 15) is 5.11 Å². The van der Waals surface area contributed by atoms with Gasteiger partial charge in [0, 0.05) is 12.1 Å². The van der Waals surface area contributed by atoms with Crippen molar-refractivity contribution in [1.29, 1.82) is 0 Å². The highest BCUT2D eigenvalue weighted by Gasteiger charge is 2.27. The number of phenolic OH excluding ortho intramolecular Hbond substituents is 1. The van der Waals surface area contributed by atoms with Crippen molar-refractivity contribution >= 4 is 0 Å². The Morgan fingerprint density at radius 2 is 2.06 bits per heavy atom. The second kappa shape index (κ2) is 4.34. The first kappa shape index (κ1) is 12.4. The molecule has 0 aliphatic heterocycles. The lowest BCUT2D eigenvalue weighted by Crippen LogP contribution is -2.39. The summed E-state index contributed by atoms with van der Waals surface area (Å²) in [5.74, 6) is 0.383. The van der Waals surface area contributed by atoms with E-state index < -0.39 is 0 Å². The Bertz CT molecular complexity index is 406. The monoisotopic (exact) mass is 233 g/mol. The predicted octanol–water partition coefficient (Wildman–Crippen LogP) is 3.40. The minimum Gasteiger partial charge on any atom is -0.508 e. The molecule has 0 fully saturated rings. The van der Waals surface area contributed by atoms with Crippen LogP contribution >= 0.6 is 0 Å². The van der Waals surface area contributed by atoms with Gasteiger partial charge in [-0.2, -0.15) is 0 Å². The lowest BCUT2D eigenvalue weighted by molar-refractivity contribution is 0.262. The summed E-state index contributed by atoms with van der Waals surface area (Å²) < 4.78 is 0. The zero-order valence-corrected chi connectivity index (χ0v) is 11.2. The second-order valence-corrected chi connectivity index (χ2v) is 6.23. The molecule has 2 atom stereocenters. The van der Waals surface area contributed by atoms with Gasteiger partial charge < -0.3 is 10.4 Å². The third kappa shape index (κ3) is 2.63. The van der Waals surface area contributed by atoms with Crippen molar-refractivity contribution in [3.05, 3.63) is 29.3 Å². The van der Waals surface area contributed by atoms with E-state index in [1.807, 2.05) is 6.07 Å². The highest BCUT2D eigenvalue weighted by atomic mass is 16.3. The summed E-state index contributed by atoms with van der Waals surface area (Å²) in [6, 6.07) is 6.68. The largest absolute Gasteiger partial charge is 0.508 e. The maximum absolute atomic E-state index is 9.47. The second-order valence-electron chi connectivity index (χ2n) is 6.23. The van der Waals surface area contributed by atoms with Crippen molar-refractivity contribution in [2.75, 3.05) is 0 Å². The van der Waals surface area contributed by atoms with Crippen molar-refractivity contribution < 1.29 is 5.11 Å². The summed E-state index contributed by atoms with van der Waals surface area (Å²) in [7, 11) is 0. The van der Waals surface area contributed by atoms with Crippen LogP contribution in [0.25, 0.3) is 0 Å². The molecular formula is C15H23NO. The molecule has 2 rings (SSSR count). The van der Waals surface area contributed by atoms with E-state index in [0.717, 1.165) is 12.8 Å². The number of phenols is 1. The summed E-state index contributed by atoms with van der Waals surface area (Å²) >= 11 is 0. The smallest absolute Gasteiger partial charge is 0.115 e. The van der Waals surface area contributed by atoms with Gasteiger partial charge in [0.2, 0.25) is 0 Å². The summed E-state index contributed by atoms with van der Waals surface area (Å²) in [5.41, 5.74) is 2.93. The first-order valence-electron chi connectivity index (χ1n) is 6.46. The van der Waals surface area contributed by atoms with Gasteiger partial charge in [0.1, 0.15) is 5.75 Å². The lowest BCUT2D eigenvalue weighted by atomic mass is 9.87. The third-order valence-electron chi connectivity index (χ3n) is 3.95. The SMILES string of the molecule is CC(NC1CCc2cc(O)ccc21)C(C)(C)C. The molecule has 1 aromatic rings. The standard InChI is InChI=1S/C15H23NO/c1-10(15(2,3)4)16-14-8-5-11-9-12(17)6-7-13(11)14/h6-7,9-10,14,16-17H,5,8H2,1-4H3. The zero-order chi connectivity index (χ0) is 12.6. The molecule has 2 unspecified atom stereocenters. The Morgan fingerprint density at radius 1 is 1.35 bits per heavy atom. The zero-order valence-electron chi connectivity index (χ0n) is 11.2. The summed E-state index contributed by atoms with van der Waals surface area (Å²) in [6.45, 7) is 9.03. The van der Waals surface area contributed by atoms with Crippen molar-refractivity contribution in [2.45, 2.75) is 52.6 Å². The number of aromatic hydroxyl groups is 1. The van der Waals surface area contributed by atoms with Gasteiger partial charge in [-0.15, -0.1) is 0 Å². The van der Waals surface area contributed by atoms with E-state index in [2.05, 4.69) is 39.1 Å². The first-order valence-corrected chi connectivity index (χ1v) is 6.46. The molecule has 0 saturated carbocycles. The van der Waals surface area contributed by atoms with Crippen LogP contribution in [0.4, 0.5) is 0 Å². The van der Waals surface area contributed by atoms with E-state index in [0.29, 0.717) is 17.8 Å². The summed E-state index contributed by atoms with van der Waals surface area (Å²) in [6.07, 6.45) is 2.21. The number of fused-ring (bicyclic) bond motifs is 1. The maximum Gasteiger partial charge on any atom is 0.115 e. The van der Waals surface area contributed by atoms with E-state index in [1.54, 1.807) is 6.07 Å². The van der Waals surface area contributed by atoms with Crippen LogP contribution in [0.2, 0.25) is 0 Å². The Labute approximate surface area is 104 Å². The normalized spacial score (nSPS) is 21.3. The quantitative estimate of drug-likeness (QED) is 0.820. The van der Waals surface area contributed by atoms with Crippen molar-refractivity contribution in [1.82, 2.24) is 5.32 Å². The van der Waals surface area contributed by atoms with Crippen LogP contribution in [0.1, 0.15) is 51.3 Å². The minimum atomic E-state index is 0.277. The molecule has 1 aromatic carbocycles. The maximum atomic E-state index is 9.47. The Kier molecular flexibility index (Phi) is 3.17. The number of rotatable bonds is 2. The molecule has 1 aliphatic carbocycles. The van der Waals surface area contributed by atoms with E-state index in [-0.39, 0.29) is 5.41 Å². The molecule has 94 valence electrons. The average molecular weight is 233 g/mol. The van der Waals surface area contributed by atoms with Gasteiger partial charge in [-0.3, -0.25) is 0 Å². The van der Waals surface area contributed by atoms with Crippen LogP contribution in [-0.4, -0.2) is 11.1 Å². The van der Waals surface area contributed by atoms with Gasteiger partial charge in [-0.1, -0.05) is 26.8 Å². The summed E-state index contributed by atoms with van der Waals surface area (Å²) in [4.78, 5) is 0. The van der Waals surface area contributed by atoms with Crippen LogP contribution in [-0.2, 0) is 6.42 Å². The molecule has 17 heavy (non-hydrogen) atoms. The number of nitrogens with one attached hydrogen (secondary N) is 1. The molecule has 0 radical (unpaired) electrons. The molecule has 0 bridgehead atoms. The van der Waals surface area contributed by atoms with Crippen LogP contribution in [0.5, 0.6) is 5.75 Å². The molecule has 0 aromatic heterocycles. The Balaban J connectivity index is 2.12. The third-order valence-corrected chi connectivity index (χ3v) is 3.95. The topological polar surface area (TPSA) is 32.3 Å². The Hall–Kier alpha value is -1.02. The van der Waals surface area contributed by atoms with Crippen molar-refractivity contribution in [3.8, 4) is 5.75 Å². The molecule has 2 N–H and O–H groups in total. The van der Waals surface area contributed by atoms with Gasteiger partial charge in [-0.05, 0) is 48.4 Å². The number of aryl methyl sites for hydroxylation is 1. The molecule has 0 spiro atoms. The fourth-order valence-corrected chi connectivity index (χ4v) is 2.33. The van der Waals surface area contributed by atoms with Gasteiger partial charge in [-0.25, -0.2) is 0 Å². The van der Waals surface area contributed by atoms with E-state index in [1.165, 1.54) is 11.1 Å². The fourth-order valence-electron chi connectivity index (χ4n) is 2.33. The van der Waals surface area contributed by atoms with Crippen LogP contribution in [0, 0.1) is 5.41 Å². The van der Waals surface area contributed by atoms with Crippen molar-refractivity contribution in [3.63, 3.8) is 0 Å². The first-order chi connectivity index (χ1) is 7.88. The molecule has 1 aliphatic rings. The van der Waals surface area contributed by atoms with Crippen molar-refractivity contribution in [2.24, 2.45) is 5.41 Å². The van der Waals surface area contributed by atoms with Gasteiger partial charge in [0.05, 0.1) is 0 Å². The molecule has 0 heterocycles. The number of benzene rings is 1. The van der Waals surface area contributed by atoms with Crippen LogP contribution in [0.15, 0.2) is 18.2 Å². The van der Waals surface area contributed by atoms with Crippen LogP contribution < -0.4 is 5.32 Å². The van der Waals surface area contributed by atoms with E-state index >= 15 is 0 Å². The molecular weight excluding hydrogens is 210 g/mol. The molecule has 0 saturated heterocycles. The number of hydrogen-bond donors (Lipinski definition) is 2. The highest BCUT2D eigenvalue weighted by molar-refractivity contribution is 5.40. The minimum absolute atomic E-state index is 0.277. The molecule has 2 nitrogen and oxygen atoms in total. The lowest BCUT2D eigenvalue weighted by Gasteiger charge is -2.31. The fraction of sp³-hybridized carbons (Fsp3) is 0.600. The molecule has 2 heteroatoms. The van der Waals surface area contributed by atoms with Gasteiger partial charge in [0.15, 0.2) is 0 Å². The van der Waals surface area contributed by atoms with E-state index in [4.69, 9.17) is 0 Å². The van der Waals surface area contributed by atoms with Gasteiger partial charge >= 0.3 is 0 Å². The molecule has 0 amide bonds. The average Bonchev–Trinajstić information content (AvgIpc) is 2.59. The number of hydrogen-bond acceptors (Lipinski definition) is 2.